The number of amides is 2. The molecule has 2 aliphatic carbocycles. The highest BCUT2D eigenvalue weighted by atomic mass is 16.5. The lowest BCUT2D eigenvalue weighted by molar-refractivity contribution is -0.142. The minimum absolute atomic E-state index is 0.00402. The molecule has 1 fully saturated rings. The normalized spacial score (nSPS) is 20.2. The van der Waals surface area contributed by atoms with Crippen molar-refractivity contribution in [2.45, 2.75) is 38.1 Å². The van der Waals surface area contributed by atoms with E-state index >= 15 is 0 Å². The molecule has 2 aromatic rings. The third-order valence-electron chi connectivity index (χ3n) is 6.58. The van der Waals surface area contributed by atoms with Gasteiger partial charge >= 0.3 is 12.1 Å². The van der Waals surface area contributed by atoms with Gasteiger partial charge in [-0.1, -0.05) is 55.0 Å². The standard InChI is InChI=1S/C25H28N2O5/c1-15(24(29)30)27-23(28)17-12-6-7-16(17)13-26-25(31)32-14-22-20-10-4-2-8-18(20)19-9-3-5-11-21(19)22/h2-5,8-11,15-17,22H,6-7,12-14H2,1H3,(H,26,31)(H,27,28)(H,29,30)/t15-,16-,17-/m0/s1. The highest BCUT2D eigenvalue weighted by Gasteiger charge is 2.34. The first-order chi connectivity index (χ1) is 15.5. The zero-order valence-electron chi connectivity index (χ0n) is 18.0. The Bertz CT molecular complexity index is 975. The predicted octanol–water partition coefficient (Wildman–Crippen LogP) is 3.53. The smallest absolute Gasteiger partial charge is 0.407 e. The molecule has 7 heteroatoms. The zero-order valence-corrected chi connectivity index (χ0v) is 18.0. The van der Waals surface area contributed by atoms with Crippen LogP contribution in [0.2, 0.25) is 0 Å². The monoisotopic (exact) mass is 436 g/mol. The number of ether oxygens (including phenoxy) is 1. The number of benzene rings is 2. The summed E-state index contributed by atoms with van der Waals surface area (Å²) in [6, 6.07) is 15.4. The van der Waals surface area contributed by atoms with Gasteiger partial charge in [0.1, 0.15) is 12.6 Å². The molecule has 3 atom stereocenters. The molecule has 0 heterocycles. The molecular weight excluding hydrogens is 408 g/mol. The lowest BCUT2D eigenvalue weighted by atomic mass is 9.95. The summed E-state index contributed by atoms with van der Waals surface area (Å²) in [5, 5.41) is 14.3. The van der Waals surface area contributed by atoms with E-state index in [4.69, 9.17) is 9.84 Å². The number of hydrogen-bond acceptors (Lipinski definition) is 4. The van der Waals surface area contributed by atoms with Gasteiger partial charge < -0.3 is 20.5 Å². The molecule has 3 N–H and O–H groups in total. The summed E-state index contributed by atoms with van der Waals surface area (Å²) in [6.07, 6.45) is 1.87. The molecule has 0 spiro atoms. The first-order valence-electron chi connectivity index (χ1n) is 11.1. The van der Waals surface area contributed by atoms with Crippen LogP contribution in [0.15, 0.2) is 48.5 Å². The number of carbonyl (C=O) groups is 3. The van der Waals surface area contributed by atoms with E-state index in [-0.39, 0.29) is 30.3 Å². The summed E-state index contributed by atoms with van der Waals surface area (Å²) in [5.74, 6) is -1.67. The van der Waals surface area contributed by atoms with E-state index in [1.807, 2.05) is 24.3 Å². The van der Waals surface area contributed by atoms with Gasteiger partial charge in [0, 0.05) is 18.4 Å². The fourth-order valence-corrected chi connectivity index (χ4v) is 4.87. The molecule has 7 nitrogen and oxygen atoms in total. The molecule has 0 radical (unpaired) electrons. The van der Waals surface area contributed by atoms with Crippen molar-refractivity contribution in [3.8, 4) is 11.1 Å². The number of carbonyl (C=O) groups excluding carboxylic acids is 2. The molecule has 32 heavy (non-hydrogen) atoms. The van der Waals surface area contributed by atoms with E-state index in [2.05, 4.69) is 34.9 Å². The maximum Gasteiger partial charge on any atom is 0.407 e. The predicted molar refractivity (Wildman–Crippen MR) is 119 cm³/mol. The summed E-state index contributed by atoms with van der Waals surface area (Å²) in [4.78, 5) is 35.8. The third kappa shape index (κ3) is 4.47. The Labute approximate surface area is 187 Å². The Balaban J connectivity index is 1.31. The fraction of sp³-hybridized carbons (Fsp3) is 0.400. The second-order valence-electron chi connectivity index (χ2n) is 8.57. The molecule has 168 valence electrons. The SMILES string of the molecule is C[C@H](NC(=O)[C@H]1CCC[C@H]1CNC(=O)OCC1c2ccccc2-c2ccccc21)C(=O)O. The summed E-state index contributed by atoms with van der Waals surface area (Å²) in [5.41, 5.74) is 4.66. The molecule has 0 aromatic heterocycles. The molecule has 2 aromatic carbocycles. The molecule has 0 unspecified atom stereocenters. The second-order valence-corrected chi connectivity index (χ2v) is 8.57. The van der Waals surface area contributed by atoms with Gasteiger partial charge in [0.25, 0.3) is 0 Å². The third-order valence-corrected chi connectivity index (χ3v) is 6.58. The molecule has 0 aliphatic heterocycles. The Hall–Kier alpha value is -3.35. The number of carboxylic acids is 1. The van der Waals surface area contributed by atoms with Crippen molar-refractivity contribution in [1.29, 1.82) is 0 Å². The van der Waals surface area contributed by atoms with Gasteiger partial charge in [0.05, 0.1) is 0 Å². The van der Waals surface area contributed by atoms with Crippen LogP contribution in [0.3, 0.4) is 0 Å². The maximum absolute atomic E-state index is 12.4. The van der Waals surface area contributed by atoms with Gasteiger partial charge in [-0.25, -0.2) is 4.79 Å². The van der Waals surface area contributed by atoms with Crippen molar-refractivity contribution in [1.82, 2.24) is 10.6 Å². The van der Waals surface area contributed by atoms with Crippen LogP contribution < -0.4 is 10.6 Å². The quantitative estimate of drug-likeness (QED) is 0.616. The number of rotatable bonds is 7. The van der Waals surface area contributed by atoms with Crippen LogP contribution in [0.5, 0.6) is 0 Å². The largest absolute Gasteiger partial charge is 0.480 e. The molecule has 1 saturated carbocycles. The van der Waals surface area contributed by atoms with Gasteiger partial charge in [-0.05, 0) is 47.9 Å². The average Bonchev–Trinajstić information content (AvgIpc) is 3.39. The van der Waals surface area contributed by atoms with Crippen molar-refractivity contribution >= 4 is 18.0 Å². The maximum atomic E-state index is 12.4. The summed E-state index contributed by atoms with van der Waals surface area (Å²) in [6.45, 7) is 2.01. The summed E-state index contributed by atoms with van der Waals surface area (Å²) >= 11 is 0. The molecule has 2 amide bonds. The Morgan fingerprint density at radius 3 is 2.28 bits per heavy atom. The Kier molecular flexibility index (Phi) is 6.44. The van der Waals surface area contributed by atoms with Crippen molar-refractivity contribution in [2.75, 3.05) is 13.2 Å². The topological polar surface area (TPSA) is 105 Å². The van der Waals surface area contributed by atoms with Gasteiger partial charge in [-0.15, -0.1) is 0 Å². The minimum Gasteiger partial charge on any atom is -0.480 e. The second kappa shape index (κ2) is 9.42. The molecule has 2 aliphatic rings. The highest BCUT2D eigenvalue weighted by Crippen LogP contribution is 2.44. The lowest BCUT2D eigenvalue weighted by Crippen LogP contribution is -2.44. The minimum atomic E-state index is -1.07. The fourth-order valence-electron chi connectivity index (χ4n) is 4.87. The molecule has 0 saturated heterocycles. The molecular formula is C25H28N2O5. The van der Waals surface area contributed by atoms with Crippen LogP contribution in [0.25, 0.3) is 11.1 Å². The Morgan fingerprint density at radius 1 is 1.03 bits per heavy atom. The Morgan fingerprint density at radius 2 is 1.66 bits per heavy atom. The lowest BCUT2D eigenvalue weighted by Gasteiger charge is -2.21. The van der Waals surface area contributed by atoms with Crippen molar-refractivity contribution in [3.63, 3.8) is 0 Å². The van der Waals surface area contributed by atoms with Gasteiger partial charge in [0.2, 0.25) is 5.91 Å². The van der Waals surface area contributed by atoms with E-state index in [9.17, 15) is 14.4 Å². The van der Waals surface area contributed by atoms with Crippen LogP contribution in [0.4, 0.5) is 4.79 Å². The first-order valence-corrected chi connectivity index (χ1v) is 11.1. The van der Waals surface area contributed by atoms with Crippen LogP contribution in [0.1, 0.15) is 43.2 Å². The number of alkyl carbamates (subject to hydrolysis) is 1. The summed E-state index contributed by atoms with van der Waals surface area (Å²) in [7, 11) is 0. The van der Waals surface area contributed by atoms with Crippen LogP contribution in [-0.2, 0) is 14.3 Å². The van der Waals surface area contributed by atoms with Gasteiger partial charge in [-0.2, -0.15) is 0 Å². The highest BCUT2D eigenvalue weighted by molar-refractivity contribution is 5.85. The first kappa shape index (κ1) is 21.9. The van der Waals surface area contributed by atoms with Crippen LogP contribution >= 0.6 is 0 Å². The number of carboxylic acid groups (broad SMARTS) is 1. The number of hydrogen-bond donors (Lipinski definition) is 3. The molecule has 4 rings (SSSR count). The van der Waals surface area contributed by atoms with Crippen molar-refractivity contribution < 1.29 is 24.2 Å². The van der Waals surface area contributed by atoms with E-state index < -0.39 is 18.1 Å². The number of fused-ring (bicyclic) bond motifs is 3. The van der Waals surface area contributed by atoms with E-state index in [1.54, 1.807) is 0 Å². The van der Waals surface area contributed by atoms with Gasteiger partial charge in [0.15, 0.2) is 0 Å². The van der Waals surface area contributed by atoms with Gasteiger partial charge in [-0.3, -0.25) is 9.59 Å². The number of aliphatic carboxylic acids is 1. The van der Waals surface area contributed by atoms with Crippen molar-refractivity contribution in [3.05, 3.63) is 59.7 Å². The van der Waals surface area contributed by atoms with Crippen molar-refractivity contribution in [2.24, 2.45) is 11.8 Å². The van der Waals surface area contributed by atoms with E-state index in [0.29, 0.717) is 13.0 Å². The number of nitrogens with one attached hydrogen (secondary N) is 2. The van der Waals surface area contributed by atoms with Crippen LogP contribution in [-0.4, -0.2) is 42.3 Å². The zero-order chi connectivity index (χ0) is 22.7. The average molecular weight is 437 g/mol. The molecule has 0 bridgehead atoms. The van der Waals surface area contributed by atoms with Crippen LogP contribution in [0, 0.1) is 11.8 Å². The van der Waals surface area contributed by atoms with E-state index in [1.165, 1.54) is 18.1 Å². The summed E-state index contributed by atoms with van der Waals surface area (Å²) < 4.78 is 5.56. The van der Waals surface area contributed by atoms with E-state index in [0.717, 1.165) is 24.0 Å².